The molecule has 0 saturated heterocycles. The lowest BCUT2D eigenvalue weighted by Gasteiger charge is -2.15. The van der Waals surface area contributed by atoms with E-state index in [4.69, 9.17) is 5.26 Å². The van der Waals surface area contributed by atoms with Crippen LogP contribution in [0.1, 0.15) is 42.5 Å². The molecule has 0 fully saturated rings. The van der Waals surface area contributed by atoms with Gasteiger partial charge in [0.15, 0.2) is 0 Å². The third kappa shape index (κ3) is 4.04. The van der Waals surface area contributed by atoms with Gasteiger partial charge in [0, 0.05) is 12.5 Å². The fraction of sp³-hybridized carbons (Fsp3) is 0.500. The largest absolute Gasteiger partial charge is 0.310 e. The third-order valence-corrected chi connectivity index (χ3v) is 2.66. The number of nitriles is 1. The van der Waals surface area contributed by atoms with E-state index in [0.717, 1.165) is 13.0 Å². The van der Waals surface area contributed by atoms with Gasteiger partial charge in [-0.05, 0) is 39.3 Å². The number of nitrogens with one attached hydrogen (secondary N) is 1. The molecule has 0 aliphatic carbocycles. The maximum atomic E-state index is 8.44. The fourth-order valence-corrected chi connectivity index (χ4v) is 1.86. The molecule has 1 aromatic rings. The second-order valence-corrected chi connectivity index (χ2v) is 4.36. The van der Waals surface area contributed by atoms with Crippen LogP contribution < -0.4 is 5.32 Å². The predicted molar refractivity (Wildman–Crippen MR) is 67.2 cm³/mol. The van der Waals surface area contributed by atoms with Crippen LogP contribution in [0.4, 0.5) is 0 Å². The summed E-state index contributed by atoms with van der Waals surface area (Å²) in [6, 6.07) is 9.14. The first-order valence-corrected chi connectivity index (χ1v) is 5.82. The van der Waals surface area contributed by atoms with Crippen LogP contribution in [0.5, 0.6) is 0 Å². The Balaban J connectivity index is 2.52. The van der Waals surface area contributed by atoms with Crippen molar-refractivity contribution in [2.45, 2.75) is 39.7 Å². The van der Waals surface area contributed by atoms with Crippen molar-refractivity contribution in [3.8, 4) is 6.07 Å². The molecule has 1 N–H and O–H groups in total. The molecule has 1 aromatic carbocycles. The first-order chi connectivity index (χ1) is 7.63. The summed E-state index contributed by atoms with van der Waals surface area (Å²) in [5.41, 5.74) is 3.94. The smallest absolute Gasteiger partial charge is 0.0622 e. The van der Waals surface area contributed by atoms with E-state index in [2.05, 4.69) is 50.4 Å². The highest BCUT2D eigenvalue weighted by Crippen LogP contribution is 2.16. The number of rotatable bonds is 5. The Labute approximate surface area is 98.3 Å². The van der Waals surface area contributed by atoms with E-state index in [-0.39, 0.29) is 0 Å². The molecule has 0 radical (unpaired) electrons. The summed E-state index contributed by atoms with van der Waals surface area (Å²) in [6.45, 7) is 7.32. The van der Waals surface area contributed by atoms with Gasteiger partial charge in [-0.1, -0.05) is 29.3 Å². The summed E-state index contributed by atoms with van der Waals surface area (Å²) in [6.07, 6.45) is 1.55. The van der Waals surface area contributed by atoms with Crippen LogP contribution in [0.25, 0.3) is 0 Å². The molecule has 0 amide bonds. The minimum absolute atomic E-state index is 0.359. The second kappa shape index (κ2) is 6.30. The van der Waals surface area contributed by atoms with Crippen LogP contribution in [0, 0.1) is 25.2 Å². The number of unbranched alkanes of at least 4 members (excludes halogenated alkanes) is 1. The highest BCUT2D eigenvalue weighted by molar-refractivity contribution is 5.30. The minimum Gasteiger partial charge on any atom is -0.310 e. The standard InChI is InChI=1S/C14H20N2/c1-11-8-12(2)10-14(9-11)13(3)16-7-5-4-6-15/h8-10,13,16H,4-5,7H2,1-3H3. The van der Waals surface area contributed by atoms with Gasteiger partial charge in [-0.3, -0.25) is 0 Å². The van der Waals surface area contributed by atoms with Gasteiger partial charge in [0.2, 0.25) is 0 Å². The highest BCUT2D eigenvalue weighted by atomic mass is 14.9. The molecule has 1 atom stereocenters. The van der Waals surface area contributed by atoms with Gasteiger partial charge < -0.3 is 5.32 Å². The maximum Gasteiger partial charge on any atom is 0.0622 e. The molecule has 1 unspecified atom stereocenters. The first kappa shape index (κ1) is 12.7. The molecule has 0 aliphatic rings. The zero-order valence-corrected chi connectivity index (χ0v) is 10.4. The van der Waals surface area contributed by atoms with Crippen molar-refractivity contribution < 1.29 is 0 Å². The van der Waals surface area contributed by atoms with Crippen molar-refractivity contribution in [1.82, 2.24) is 5.32 Å². The van der Waals surface area contributed by atoms with Gasteiger partial charge in [0.05, 0.1) is 6.07 Å². The van der Waals surface area contributed by atoms with Crippen LogP contribution in [0.2, 0.25) is 0 Å². The monoisotopic (exact) mass is 216 g/mol. The topological polar surface area (TPSA) is 35.8 Å². The van der Waals surface area contributed by atoms with Crippen molar-refractivity contribution in [2.75, 3.05) is 6.54 Å². The molecule has 1 rings (SSSR count). The van der Waals surface area contributed by atoms with Crippen LogP contribution in [0.3, 0.4) is 0 Å². The summed E-state index contributed by atoms with van der Waals surface area (Å²) < 4.78 is 0. The number of benzene rings is 1. The lowest BCUT2D eigenvalue weighted by Crippen LogP contribution is -2.19. The molecule has 0 heterocycles. The Morgan fingerprint density at radius 3 is 2.44 bits per heavy atom. The van der Waals surface area contributed by atoms with Crippen molar-refractivity contribution >= 4 is 0 Å². The number of hydrogen-bond acceptors (Lipinski definition) is 2. The summed E-state index contributed by atoms with van der Waals surface area (Å²) in [5, 5.41) is 11.9. The van der Waals surface area contributed by atoms with E-state index in [1.54, 1.807) is 0 Å². The van der Waals surface area contributed by atoms with E-state index in [1.807, 2.05) is 0 Å². The molecule has 2 heteroatoms. The zero-order valence-electron chi connectivity index (χ0n) is 10.4. The first-order valence-electron chi connectivity index (χ1n) is 5.82. The molecule has 0 bridgehead atoms. The van der Waals surface area contributed by atoms with Gasteiger partial charge >= 0.3 is 0 Å². The average Bonchev–Trinajstić information content (AvgIpc) is 2.22. The minimum atomic E-state index is 0.359. The van der Waals surface area contributed by atoms with Gasteiger partial charge in [0.1, 0.15) is 0 Å². The Kier molecular flexibility index (Phi) is 5.01. The Morgan fingerprint density at radius 2 is 1.88 bits per heavy atom. The van der Waals surface area contributed by atoms with Crippen molar-refractivity contribution in [2.24, 2.45) is 0 Å². The molecule has 0 saturated carbocycles. The summed E-state index contributed by atoms with van der Waals surface area (Å²) >= 11 is 0. The normalized spacial score (nSPS) is 12.1. The van der Waals surface area contributed by atoms with Crippen molar-refractivity contribution in [3.63, 3.8) is 0 Å². The average molecular weight is 216 g/mol. The van der Waals surface area contributed by atoms with E-state index in [0.29, 0.717) is 12.5 Å². The molecular formula is C14H20N2. The fourth-order valence-electron chi connectivity index (χ4n) is 1.86. The van der Waals surface area contributed by atoms with Gasteiger partial charge in [-0.25, -0.2) is 0 Å². The maximum absolute atomic E-state index is 8.44. The van der Waals surface area contributed by atoms with E-state index >= 15 is 0 Å². The lowest BCUT2D eigenvalue weighted by molar-refractivity contribution is 0.561. The van der Waals surface area contributed by atoms with Gasteiger partial charge in [-0.2, -0.15) is 5.26 Å². The lowest BCUT2D eigenvalue weighted by atomic mass is 10.0. The zero-order chi connectivity index (χ0) is 12.0. The van der Waals surface area contributed by atoms with Crippen LogP contribution in [0.15, 0.2) is 18.2 Å². The molecule has 0 aromatic heterocycles. The second-order valence-electron chi connectivity index (χ2n) is 4.36. The van der Waals surface area contributed by atoms with E-state index in [9.17, 15) is 0 Å². The molecule has 0 spiro atoms. The summed E-state index contributed by atoms with van der Waals surface area (Å²) in [4.78, 5) is 0. The number of aryl methyl sites for hydroxylation is 2. The Morgan fingerprint density at radius 1 is 1.25 bits per heavy atom. The van der Waals surface area contributed by atoms with Crippen molar-refractivity contribution in [3.05, 3.63) is 34.9 Å². The van der Waals surface area contributed by atoms with Gasteiger partial charge in [-0.15, -0.1) is 0 Å². The SMILES string of the molecule is Cc1cc(C)cc(C(C)NCCCC#N)c1. The van der Waals surface area contributed by atoms with Crippen LogP contribution in [-0.4, -0.2) is 6.54 Å². The molecule has 86 valence electrons. The molecular weight excluding hydrogens is 196 g/mol. The highest BCUT2D eigenvalue weighted by Gasteiger charge is 2.05. The van der Waals surface area contributed by atoms with Crippen LogP contribution >= 0.6 is 0 Å². The quantitative estimate of drug-likeness (QED) is 0.767. The Hall–Kier alpha value is -1.33. The third-order valence-electron chi connectivity index (χ3n) is 2.66. The van der Waals surface area contributed by atoms with Crippen molar-refractivity contribution in [1.29, 1.82) is 5.26 Å². The number of hydrogen-bond donors (Lipinski definition) is 1. The molecule has 16 heavy (non-hydrogen) atoms. The Bertz CT molecular complexity index is 357. The van der Waals surface area contributed by atoms with Crippen LogP contribution in [-0.2, 0) is 0 Å². The summed E-state index contributed by atoms with van der Waals surface area (Å²) in [7, 11) is 0. The van der Waals surface area contributed by atoms with E-state index < -0.39 is 0 Å². The van der Waals surface area contributed by atoms with Gasteiger partial charge in [0.25, 0.3) is 0 Å². The molecule has 0 aliphatic heterocycles. The predicted octanol–water partition coefficient (Wildman–Crippen LogP) is 3.26. The summed E-state index contributed by atoms with van der Waals surface area (Å²) in [5.74, 6) is 0. The number of nitrogens with zero attached hydrogens (tertiary/aromatic N) is 1. The van der Waals surface area contributed by atoms with E-state index in [1.165, 1.54) is 16.7 Å². The molecule has 2 nitrogen and oxygen atoms in total.